The molecule has 1 fully saturated rings. The lowest BCUT2D eigenvalue weighted by Gasteiger charge is -2.27. The average molecular weight is 402 g/mol. The molecule has 0 amide bonds. The summed E-state index contributed by atoms with van der Waals surface area (Å²) < 4.78 is 5.68. The average Bonchev–Trinajstić information content (AvgIpc) is 3.26. The maximum atomic E-state index is 13.1. The fraction of sp³-hybridized carbons (Fsp3) is 0.269. The molecule has 0 bridgehead atoms. The molecule has 1 aliphatic heterocycles. The van der Waals surface area contributed by atoms with Crippen molar-refractivity contribution in [3.05, 3.63) is 108 Å². The van der Waals surface area contributed by atoms with Crippen LogP contribution < -0.4 is 0 Å². The minimum absolute atomic E-state index is 0.272. The summed E-state index contributed by atoms with van der Waals surface area (Å²) in [5.74, 6) is -0.352. The van der Waals surface area contributed by atoms with Gasteiger partial charge in [0.05, 0.1) is 6.61 Å². The van der Waals surface area contributed by atoms with E-state index >= 15 is 0 Å². The minimum Gasteiger partial charge on any atom is -0.463 e. The second kappa shape index (κ2) is 9.24. The smallest absolute Gasteiger partial charge is 0.347 e. The first-order valence-corrected chi connectivity index (χ1v) is 10.4. The molecule has 1 heterocycles. The van der Waals surface area contributed by atoms with E-state index in [0.29, 0.717) is 17.7 Å². The van der Waals surface area contributed by atoms with Crippen LogP contribution in [0.15, 0.2) is 91.0 Å². The number of hydrogen-bond acceptors (Lipinski definition) is 4. The lowest BCUT2D eigenvalue weighted by Crippen LogP contribution is -2.39. The van der Waals surface area contributed by atoms with Gasteiger partial charge in [-0.2, -0.15) is 0 Å². The zero-order valence-corrected chi connectivity index (χ0v) is 17.0. The number of hydrogen-bond donors (Lipinski definition) is 1. The molecule has 0 aromatic heterocycles. The van der Waals surface area contributed by atoms with Gasteiger partial charge in [-0.1, -0.05) is 91.0 Å². The molecule has 1 saturated heterocycles. The van der Waals surface area contributed by atoms with E-state index in [1.54, 1.807) is 24.3 Å². The SMILES string of the molecule is O=C(OCC1CCN(Cc2ccccc2)C1)C(O)(c1ccccc1)c1ccccc1. The zero-order valence-electron chi connectivity index (χ0n) is 17.0. The van der Waals surface area contributed by atoms with Crippen LogP contribution in [0.2, 0.25) is 0 Å². The minimum atomic E-state index is -1.81. The van der Waals surface area contributed by atoms with E-state index in [1.807, 2.05) is 42.5 Å². The van der Waals surface area contributed by atoms with Crippen LogP contribution in [0, 0.1) is 5.92 Å². The molecule has 154 valence electrons. The number of carbonyl (C=O) groups is 1. The molecular formula is C26H27NO3. The summed E-state index contributed by atoms with van der Waals surface area (Å²) >= 11 is 0. The first-order chi connectivity index (χ1) is 14.7. The number of benzene rings is 3. The molecule has 0 spiro atoms. The van der Waals surface area contributed by atoms with Gasteiger partial charge in [-0.05, 0) is 29.7 Å². The van der Waals surface area contributed by atoms with Crippen molar-refractivity contribution < 1.29 is 14.6 Å². The molecule has 4 rings (SSSR count). The quantitative estimate of drug-likeness (QED) is 0.608. The van der Waals surface area contributed by atoms with Crippen molar-refractivity contribution in [2.45, 2.75) is 18.6 Å². The molecule has 3 aromatic carbocycles. The van der Waals surface area contributed by atoms with Gasteiger partial charge in [0.15, 0.2) is 0 Å². The summed E-state index contributed by atoms with van der Waals surface area (Å²) in [6, 6.07) is 28.4. The number of nitrogens with zero attached hydrogens (tertiary/aromatic N) is 1. The predicted molar refractivity (Wildman–Crippen MR) is 117 cm³/mol. The van der Waals surface area contributed by atoms with E-state index in [2.05, 4.69) is 29.2 Å². The fourth-order valence-corrected chi connectivity index (χ4v) is 4.09. The zero-order chi connectivity index (χ0) is 20.8. The van der Waals surface area contributed by atoms with Crippen LogP contribution in [0.4, 0.5) is 0 Å². The first-order valence-electron chi connectivity index (χ1n) is 10.4. The van der Waals surface area contributed by atoms with Crippen molar-refractivity contribution >= 4 is 5.97 Å². The maximum Gasteiger partial charge on any atom is 0.347 e. The van der Waals surface area contributed by atoms with Crippen LogP contribution in [0.5, 0.6) is 0 Å². The molecule has 1 aliphatic rings. The molecule has 0 radical (unpaired) electrons. The largest absolute Gasteiger partial charge is 0.463 e. The second-order valence-electron chi connectivity index (χ2n) is 7.92. The van der Waals surface area contributed by atoms with E-state index in [4.69, 9.17) is 4.74 Å². The van der Waals surface area contributed by atoms with Crippen molar-refractivity contribution in [3.63, 3.8) is 0 Å². The predicted octanol–water partition coefficient (Wildman–Crippen LogP) is 3.99. The lowest BCUT2D eigenvalue weighted by atomic mass is 9.86. The summed E-state index contributed by atoms with van der Waals surface area (Å²) in [5.41, 5.74) is 0.500. The summed E-state index contributed by atoms with van der Waals surface area (Å²) in [6.07, 6.45) is 0.981. The van der Waals surface area contributed by atoms with Crippen molar-refractivity contribution in [1.29, 1.82) is 0 Å². The Morgan fingerprint density at radius 1 is 0.900 bits per heavy atom. The molecule has 0 aliphatic carbocycles. The van der Waals surface area contributed by atoms with E-state index in [9.17, 15) is 9.90 Å². The molecule has 1 N–H and O–H groups in total. The Kier molecular flexibility index (Phi) is 6.26. The molecule has 1 atom stereocenters. The number of aliphatic hydroxyl groups is 1. The highest BCUT2D eigenvalue weighted by Gasteiger charge is 2.42. The molecule has 0 saturated carbocycles. The Balaban J connectivity index is 1.41. The number of esters is 1. The topological polar surface area (TPSA) is 49.8 Å². The Labute approximate surface area is 177 Å². The highest BCUT2D eigenvalue weighted by molar-refractivity contribution is 5.85. The molecule has 1 unspecified atom stereocenters. The van der Waals surface area contributed by atoms with Gasteiger partial charge >= 0.3 is 5.97 Å². The Morgan fingerprint density at radius 3 is 2.00 bits per heavy atom. The highest BCUT2D eigenvalue weighted by atomic mass is 16.5. The van der Waals surface area contributed by atoms with Crippen LogP contribution in [0.1, 0.15) is 23.1 Å². The maximum absolute atomic E-state index is 13.1. The Bertz CT molecular complexity index is 904. The number of ether oxygens (including phenoxy) is 1. The van der Waals surface area contributed by atoms with Gasteiger partial charge in [-0.15, -0.1) is 0 Å². The van der Waals surface area contributed by atoms with E-state index in [0.717, 1.165) is 26.1 Å². The van der Waals surface area contributed by atoms with Crippen molar-refractivity contribution in [3.8, 4) is 0 Å². The van der Waals surface area contributed by atoms with Gasteiger partial charge < -0.3 is 9.84 Å². The van der Waals surface area contributed by atoms with Gasteiger partial charge in [-0.3, -0.25) is 4.90 Å². The summed E-state index contributed by atoms with van der Waals surface area (Å²) in [7, 11) is 0. The van der Waals surface area contributed by atoms with Gasteiger partial charge in [0.2, 0.25) is 5.60 Å². The summed E-state index contributed by atoms with van der Waals surface area (Å²) in [6.45, 7) is 3.09. The van der Waals surface area contributed by atoms with Crippen molar-refractivity contribution in [2.75, 3.05) is 19.7 Å². The van der Waals surface area contributed by atoms with Gasteiger partial charge in [0, 0.05) is 19.0 Å². The summed E-state index contributed by atoms with van der Waals surface area (Å²) in [5, 5.41) is 11.5. The number of likely N-dealkylation sites (tertiary alicyclic amines) is 1. The Hall–Kier alpha value is -2.95. The lowest BCUT2D eigenvalue weighted by molar-refractivity contribution is -0.163. The third kappa shape index (κ3) is 4.45. The van der Waals surface area contributed by atoms with E-state index in [1.165, 1.54) is 5.56 Å². The van der Waals surface area contributed by atoms with Crippen LogP contribution in [0.25, 0.3) is 0 Å². The number of rotatable bonds is 7. The monoisotopic (exact) mass is 401 g/mol. The van der Waals surface area contributed by atoms with Crippen LogP contribution in [-0.4, -0.2) is 35.7 Å². The first kappa shape index (κ1) is 20.3. The van der Waals surface area contributed by atoms with E-state index in [-0.39, 0.29) is 5.92 Å². The van der Waals surface area contributed by atoms with Gasteiger partial charge in [-0.25, -0.2) is 4.79 Å². The van der Waals surface area contributed by atoms with Crippen LogP contribution >= 0.6 is 0 Å². The standard InChI is InChI=1S/C26H27NO3/c28-25(26(29,23-12-6-2-7-13-23)24-14-8-3-9-15-24)30-20-22-16-17-27(19-22)18-21-10-4-1-5-11-21/h1-15,22,29H,16-20H2. The second-order valence-corrected chi connectivity index (χ2v) is 7.92. The van der Waals surface area contributed by atoms with E-state index < -0.39 is 11.6 Å². The molecule has 4 nitrogen and oxygen atoms in total. The molecule has 3 aromatic rings. The Morgan fingerprint density at radius 2 is 1.43 bits per heavy atom. The van der Waals surface area contributed by atoms with Crippen LogP contribution in [0.3, 0.4) is 0 Å². The van der Waals surface area contributed by atoms with Gasteiger partial charge in [0.1, 0.15) is 0 Å². The summed E-state index contributed by atoms with van der Waals surface area (Å²) in [4.78, 5) is 15.5. The van der Waals surface area contributed by atoms with Crippen molar-refractivity contribution in [1.82, 2.24) is 4.90 Å². The van der Waals surface area contributed by atoms with Crippen LogP contribution in [-0.2, 0) is 21.7 Å². The van der Waals surface area contributed by atoms with Gasteiger partial charge in [0.25, 0.3) is 0 Å². The molecule has 4 heteroatoms. The molecular weight excluding hydrogens is 374 g/mol. The normalized spacial score (nSPS) is 17.0. The highest BCUT2D eigenvalue weighted by Crippen LogP contribution is 2.31. The fourth-order valence-electron chi connectivity index (χ4n) is 4.09. The van der Waals surface area contributed by atoms with Crippen molar-refractivity contribution in [2.24, 2.45) is 5.92 Å². The third-order valence-electron chi connectivity index (χ3n) is 5.75. The third-order valence-corrected chi connectivity index (χ3v) is 5.75. The number of carbonyl (C=O) groups excluding carboxylic acids is 1. The molecule has 30 heavy (non-hydrogen) atoms.